The Morgan fingerprint density at radius 1 is 1.23 bits per heavy atom. The van der Waals surface area contributed by atoms with E-state index in [1.165, 1.54) is 19.3 Å². The third-order valence-corrected chi connectivity index (χ3v) is 2.36. The summed E-state index contributed by atoms with van der Waals surface area (Å²) in [5, 5.41) is 3.53. The fourth-order valence-electron chi connectivity index (χ4n) is 1.44. The van der Waals surface area contributed by atoms with Crippen LogP contribution in [0.3, 0.4) is 0 Å². The molecule has 0 amide bonds. The van der Waals surface area contributed by atoms with Crippen molar-refractivity contribution < 1.29 is 0 Å². The molecule has 0 radical (unpaired) electrons. The first-order chi connectivity index (χ1) is 5.98. The molecule has 0 aromatic carbocycles. The van der Waals surface area contributed by atoms with Crippen LogP contribution in [-0.2, 0) is 0 Å². The van der Waals surface area contributed by atoms with Crippen LogP contribution in [0.15, 0.2) is 0 Å². The number of nitrogens with one attached hydrogen (secondary N) is 1. The molecule has 0 aliphatic heterocycles. The molecule has 0 aliphatic rings. The van der Waals surface area contributed by atoms with Gasteiger partial charge in [-0.3, -0.25) is 0 Å². The molecular weight excluding hydrogens is 158 g/mol. The quantitative estimate of drug-likeness (QED) is 0.640. The molecule has 0 unspecified atom stereocenters. The van der Waals surface area contributed by atoms with Gasteiger partial charge in [0.2, 0.25) is 0 Å². The third-order valence-electron chi connectivity index (χ3n) is 2.36. The van der Waals surface area contributed by atoms with E-state index in [9.17, 15) is 0 Å². The summed E-state index contributed by atoms with van der Waals surface area (Å²) in [4.78, 5) is 0. The highest BCUT2D eigenvalue weighted by Gasteiger charge is 2.16. The summed E-state index contributed by atoms with van der Waals surface area (Å²) in [6.45, 7) is 13.8. The van der Waals surface area contributed by atoms with Crippen molar-refractivity contribution in [3.05, 3.63) is 0 Å². The molecular formula is C12H27N. The zero-order valence-corrected chi connectivity index (χ0v) is 10.1. The molecule has 0 spiro atoms. The van der Waals surface area contributed by atoms with Crippen LogP contribution >= 0.6 is 0 Å². The van der Waals surface area contributed by atoms with Gasteiger partial charge in [0, 0.05) is 6.54 Å². The summed E-state index contributed by atoms with van der Waals surface area (Å²) < 4.78 is 0. The molecule has 0 atom stereocenters. The van der Waals surface area contributed by atoms with E-state index >= 15 is 0 Å². The first kappa shape index (κ1) is 13.0. The molecule has 0 bridgehead atoms. The molecule has 80 valence electrons. The Balaban J connectivity index is 3.50. The van der Waals surface area contributed by atoms with E-state index in [2.05, 4.69) is 39.9 Å². The maximum absolute atomic E-state index is 3.53. The summed E-state index contributed by atoms with van der Waals surface area (Å²) in [6, 6.07) is 0. The highest BCUT2D eigenvalue weighted by Crippen LogP contribution is 2.21. The predicted molar refractivity (Wildman–Crippen MR) is 61.0 cm³/mol. The normalized spacial score (nSPS) is 12.5. The van der Waals surface area contributed by atoms with E-state index in [0.29, 0.717) is 5.41 Å². The van der Waals surface area contributed by atoms with Crippen LogP contribution in [0.25, 0.3) is 0 Å². The van der Waals surface area contributed by atoms with Crippen molar-refractivity contribution in [2.24, 2.45) is 11.3 Å². The van der Waals surface area contributed by atoms with Gasteiger partial charge in [0.1, 0.15) is 0 Å². The second kappa shape index (κ2) is 6.42. The van der Waals surface area contributed by atoms with E-state index in [1.54, 1.807) is 0 Å². The molecule has 0 saturated carbocycles. The van der Waals surface area contributed by atoms with Crippen molar-refractivity contribution in [3.63, 3.8) is 0 Å². The molecule has 1 nitrogen and oxygen atoms in total. The van der Waals surface area contributed by atoms with Gasteiger partial charge < -0.3 is 5.32 Å². The summed E-state index contributed by atoms with van der Waals surface area (Å²) in [5.41, 5.74) is 0.477. The van der Waals surface area contributed by atoms with Gasteiger partial charge in [-0.2, -0.15) is 0 Å². The third kappa shape index (κ3) is 8.29. The highest BCUT2D eigenvalue weighted by molar-refractivity contribution is 4.71. The summed E-state index contributed by atoms with van der Waals surface area (Å²) in [6.07, 6.45) is 4.01. The Morgan fingerprint density at radius 2 is 1.85 bits per heavy atom. The number of hydrogen-bond donors (Lipinski definition) is 1. The minimum absolute atomic E-state index is 0.477. The van der Waals surface area contributed by atoms with E-state index < -0.39 is 0 Å². The van der Waals surface area contributed by atoms with Crippen LogP contribution in [0.2, 0.25) is 0 Å². The van der Waals surface area contributed by atoms with Crippen LogP contribution in [0, 0.1) is 11.3 Å². The van der Waals surface area contributed by atoms with Crippen molar-refractivity contribution in [1.29, 1.82) is 0 Å². The van der Waals surface area contributed by atoms with Crippen molar-refractivity contribution >= 4 is 0 Å². The molecule has 0 aromatic heterocycles. The topological polar surface area (TPSA) is 12.0 Å². The minimum atomic E-state index is 0.477. The molecule has 1 heteroatoms. The van der Waals surface area contributed by atoms with Gasteiger partial charge in [0.25, 0.3) is 0 Å². The molecule has 0 saturated heterocycles. The SMILES string of the molecule is CCCCC(C)(C)CNCC(C)C. The van der Waals surface area contributed by atoms with Crippen molar-refractivity contribution in [2.75, 3.05) is 13.1 Å². The van der Waals surface area contributed by atoms with Gasteiger partial charge >= 0.3 is 0 Å². The van der Waals surface area contributed by atoms with Gasteiger partial charge in [-0.1, -0.05) is 47.5 Å². The fourth-order valence-corrected chi connectivity index (χ4v) is 1.44. The monoisotopic (exact) mass is 185 g/mol. The Morgan fingerprint density at radius 3 is 2.31 bits per heavy atom. The Kier molecular flexibility index (Phi) is 6.40. The molecule has 1 N–H and O–H groups in total. The lowest BCUT2D eigenvalue weighted by Gasteiger charge is -2.25. The number of unbranched alkanes of at least 4 members (excludes halogenated alkanes) is 1. The van der Waals surface area contributed by atoms with Crippen LogP contribution in [0.4, 0.5) is 0 Å². The molecule has 0 rings (SSSR count). The summed E-state index contributed by atoms with van der Waals surface area (Å²) in [7, 11) is 0. The number of hydrogen-bond acceptors (Lipinski definition) is 1. The van der Waals surface area contributed by atoms with Crippen LogP contribution in [0.1, 0.15) is 53.9 Å². The average molecular weight is 185 g/mol. The average Bonchev–Trinajstić information content (AvgIpc) is 2.00. The summed E-state index contributed by atoms with van der Waals surface area (Å²) in [5.74, 6) is 0.766. The lowest BCUT2D eigenvalue weighted by molar-refractivity contribution is 0.299. The van der Waals surface area contributed by atoms with Gasteiger partial charge in [-0.05, 0) is 24.3 Å². The highest BCUT2D eigenvalue weighted by atomic mass is 14.9. The summed E-state index contributed by atoms with van der Waals surface area (Å²) >= 11 is 0. The molecule has 0 fully saturated rings. The lowest BCUT2D eigenvalue weighted by Crippen LogP contribution is -2.31. The smallest absolute Gasteiger partial charge is 0.000263 e. The van der Waals surface area contributed by atoms with Crippen LogP contribution < -0.4 is 5.32 Å². The van der Waals surface area contributed by atoms with E-state index in [0.717, 1.165) is 19.0 Å². The maximum atomic E-state index is 3.53. The second-order valence-electron chi connectivity index (χ2n) is 5.29. The van der Waals surface area contributed by atoms with E-state index in [4.69, 9.17) is 0 Å². The van der Waals surface area contributed by atoms with Crippen molar-refractivity contribution in [3.8, 4) is 0 Å². The Hall–Kier alpha value is -0.0400. The van der Waals surface area contributed by atoms with Gasteiger partial charge in [0.15, 0.2) is 0 Å². The first-order valence-corrected chi connectivity index (χ1v) is 5.68. The Labute approximate surface area is 84.3 Å². The molecule has 0 aliphatic carbocycles. The van der Waals surface area contributed by atoms with Gasteiger partial charge in [0.05, 0.1) is 0 Å². The van der Waals surface area contributed by atoms with Crippen molar-refractivity contribution in [2.45, 2.75) is 53.9 Å². The number of rotatable bonds is 7. The largest absolute Gasteiger partial charge is 0.316 e. The van der Waals surface area contributed by atoms with E-state index in [-0.39, 0.29) is 0 Å². The van der Waals surface area contributed by atoms with Crippen LogP contribution in [-0.4, -0.2) is 13.1 Å². The maximum Gasteiger partial charge on any atom is 0.000263 e. The van der Waals surface area contributed by atoms with Gasteiger partial charge in [-0.25, -0.2) is 0 Å². The predicted octanol–water partition coefficient (Wildman–Crippen LogP) is 3.45. The zero-order chi connectivity index (χ0) is 10.3. The van der Waals surface area contributed by atoms with Crippen LogP contribution in [0.5, 0.6) is 0 Å². The minimum Gasteiger partial charge on any atom is -0.316 e. The van der Waals surface area contributed by atoms with Gasteiger partial charge in [-0.15, -0.1) is 0 Å². The lowest BCUT2D eigenvalue weighted by atomic mass is 9.87. The fraction of sp³-hybridized carbons (Fsp3) is 1.00. The molecule has 0 heterocycles. The van der Waals surface area contributed by atoms with E-state index in [1.807, 2.05) is 0 Å². The Bertz CT molecular complexity index is 116. The molecule has 13 heavy (non-hydrogen) atoms. The van der Waals surface area contributed by atoms with Crippen molar-refractivity contribution in [1.82, 2.24) is 5.32 Å². The zero-order valence-electron chi connectivity index (χ0n) is 10.1. The molecule has 0 aromatic rings. The standard InChI is InChI=1S/C12H27N/c1-6-7-8-12(4,5)10-13-9-11(2)3/h11,13H,6-10H2,1-5H3. The second-order valence-corrected chi connectivity index (χ2v) is 5.29. The first-order valence-electron chi connectivity index (χ1n) is 5.68.